The predicted molar refractivity (Wildman–Crippen MR) is 73.7 cm³/mol. The van der Waals surface area contributed by atoms with Crippen molar-refractivity contribution in [2.75, 3.05) is 0 Å². The van der Waals surface area contributed by atoms with Crippen molar-refractivity contribution >= 4 is 5.97 Å². The van der Waals surface area contributed by atoms with E-state index < -0.39 is 5.97 Å². The van der Waals surface area contributed by atoms with Crippen LogP contribution in [0.3, 0.4) is 0 Å². The summed E-state index contributed by atoms with van der Waals surface area (Å²) in [6.45, 7) is 2.35. The zero-order valence-corrected chi connectivity index (χ0v) is 12.0. The van der Waals surface area contributed by atoms with Crippen molar-refractivity contribution in [3.05, 3.63) is 0 Å². The molecule has 4 fully saturated rings. The number of fused-ring (bicyclic) bond motifs is 4. The highest BCUT2D eigenvalue weighted by molar-refractivity contribution is 5.72. The Balaban J connectivity index is 1.78. The maximum atomic E-state index is 11.8. The number of hydrogen-bond donors (Lipinski definition) is 1. The average Bonchev–Trinajstić information content (AvgIpc) is 3.15. The topological polar surface area (TPSA) is 37.3 Å². The molecule has 4 saturated carbocycles. The van der Waals surface area contributed by atoms with Crippen molar-refractivity contribution in [1.29, 1.82) is 0 Å². The Morgan fingerprint density at radius 3 is 2.47 bits per heavy atom. The van der Waals surface area contributed by atoms with Crippen molar-refractivity contribution < 1.29 is 9.90 Å². The van der Waals surface area contributed by atoms with Gasteiger partial charge in [0.05, 0.1) is 5.92 Å². The van der Waals surface area contributed by atoms with Gasteiger partial charge in [0.25, 0.3) is 0 Å². The quantitative estimate of drug-likeness (QED) is 0.831. The van der Waals surface area contributed by atoms with Gasteiger partial charge in [-0.25, -0.2) is 0 Å². The fourth-order valence-corrected chi connectivity index (χ4v) is 7.23. The summed E-state index contributed by atoms with van der Waals surface area (Å²) in [4.78, 5) is 11.8. The highest BCUT2D eigenvalue weighted by atomic mass is 16.4. The Bertz CT molecular complexity index is 417. The van der Waals surface area contributed by atoms with Crippen LogP contribution in [0.15, 0.2) is 0 Å². The molecule has 6 atom stereocenters. The maximum absolute atomic E-state index is 11.8. The van der Waals surface area contributed by atoms with Gasteiger partial charge in [-0.1, -0.05) is 13.3 Å². The molecule has 0 aromatic carbocycles. The van der Waals surface area contributed by atoms with E-state index in [-0.39, 0.29) is 11.3 Å². The van der Waals surface area contributed by atoms with Gasteiger partial charge in [0.1, 0.15) is 0 Å². The Morgan fingerprint density at radius 1 is 1.16 bits per heavy atom. The lowest BCUT2D eigenvalue weighted by atomic mass is 9.50. The second-order valence-electron chi connectivity index (χ2n) is 7.98. The van der Waals surface area contributed by atoms with Crippen LogP contribution in [0.1, 0.15) is 64.7 Å². The molecule has 0 amide bonds. The summed E-state index contributed by atoms with van der Waals surface area (Å²) >= 11 is 0. The number of rotatable bonds is 3. The molecule has 0 radical (unpaired) electrons. The Morgan fingerprint density at radius 2 is 1.95 bits per heavy atom. The van der Waals surface area contributed by atoms with Crippen LogP contribution < -0.4 is 0 Å². The van der Waals surface area contributed by atoms with E-state index in [4.69, 9.17) is 0 Å². The monoisotopic (exact) mass is 262 g/mol. The molecular formula is C17H26O2. The molecule has 4 rings (SSSR count). The van der Waals surface area contributed by atoms with Gasteiger partial charge in [-0.3, -0.25) is 4.79 Å². The molecule has 0 aromatic heterocycles. The molecule has 1 N–H and O–H groups in total. The van der Waals surface area contributed by atoms with E-state index in [1.165, 1.54) is 51.4 Å². The van der Waals surface area contributed by atoms with Crippen molar-refractivity contribution in [2.24, 2.45) is 34.5 Å². The minimum absolute atomic E-state index is 0.0226. The van der Waals surface area contributed by atoms with E-state index in [1.807, 2.05) is 0 Å². The second kappa shape index (κ2) is 3.77. The molecule has 19 heavy (non-hydrogen) atoms. The van der Waals surface area contributed by atoms with Gasteiger partial charge in [0, 0.05) is 0 Å². The smallest absolute Gasteiger partial charge is 0.307 e. The first-order chi connectivity index (χ1) is 9.11. The fraction of sp³-hybridized carbons (Fsp3) is 0.941. The highest BCUT2D eigenvalue weighted by Crippen LogP contribution is 2.75. The molecular weight excluding hydrogens is 236 g/mol. The van der Waals surface area contributed by atoms with E-state index in [1.54, 1.807) is 0 Å². The van der Waals surface area contributed by atoms with Crippen LogP contribution >= 0.6 is 0 Å². The molecule has 2 nitrogen and oxygen atoms in total. The SMILES string of the molecule is CCC1(C23CCC(CC2C(=O)O)C3)CC2CCC1C2. The largest absolute Gasteiger partial charge is 0.481 e. The van der Waals surface area contributed by atoms with Crippen LogP contribution in [0.5, 0.6) is 0 Å². The second-order valence-corrected chi connectivity index (χ2v) is 7.98. The highest BCUT2D eigenvalue weighted by Gasteiger charge is 2.68. The number of carbonyl (C=O) groups is 1. The fourth-order valence-electron chi connectivity index (χ4n) is 7.23. The van der Waals surface area contributed by atoms with Crippen molar-refractivity contribution in [2.45, 2.75) is 64.7 Å². The van der Waals surface area contributed by atoms with Crippen LogP contribution in [0, 0.1) is 34.5 Å². The molecule has 0 heterocycles. The molecule has 0 spiro atoms. The minimum atomic E-state index is -0.488. The first-order valence-electron chi connectivity index (χ1n) is 8.34. The van der Waals surface area contributed by atoms with Gasteiger partial charge >= 0.3 is 5.97 Å². The summed E-state index contributed by atoms with van der Waals surface area (Å²) in [7, 11) is 0. The van der Waals surface area contributed by atoms with Gasteiger partial charge in [-0.15, -0.1) is 0 Å². The van der Waals surface area contributed by atoms with Gasteiger partial charge in [-0.2, -0.15) is 0 Å². The molecule has 4 bridgehead atoms. The normalized spacial score (nSPS) is 55.0. The lowest BCUT2D eigenvalue weighted by Crippen LogP contribution is -2.49. The van der Waals surface area contributed by atoms with E-state index in [0.717, 1.165) is 24.2 Å². The van der Waals surface area contributed by atoms with E-state index in [0.29, 0.717) is 5.41 Å². The van der Waals surface area contributed by atoms with Crippen molar-refractivity contribution in [3.8, 4) is 0 Å². The zero-order chi connectivity index (χ0) is 13.3. The third-order valence-electron chi connectivity index (χ3n) is 7.78. The number of aliphatic carboxylic acids is 1. The van der Waals surface area contributed by atoms with Gasteiger partial charge in [-0.05, 0) is 80.0 Å². The van der Waals surface area contributed by atoms with Gasteiger partial charge in [0.15, 0.2) is 0 Å². The van der Waals surface area contributed by atoms with Crippen LogP contribution in [-0.2, 0) is 4.79 Å². The number of hydrogen-bond acceptors (Lipinski definition) is 1. The van der Waals surface area contributed by atoms with Gasteiger partial charge < -0.3 is 5.11 Å². The summed E-state index contributed by atoms with van der Waals surface area (Å²) < 4.78 is 0. The summed E-state index contributed by atoms with van der Waals surface area (Å²) in [5.74, 6) is 1.99. The Labute approximate surface area is 116 Å². The van der Waals surface area contributed by atoms with E-state index in [2.05, 4.69) is 6.92 Å². The summed E-state index contributed by atoms with van der Waals surface area (Å²) in [5, 5.41) is 9.74. The van der Waals surface area contributed by atoms with Crippen molar-refractivity contribution in [3.63, 3.8) is 0 Å². The average molecular weight is 262 g/mol. The molecule has 2 heteroatoms. The maximum Gasteiger partial charge on any atom is 0.307 e. The lowest BCUT2D eigenvalue weighted by Gasteiger charge is -2.53. The Hall–Kier alpha value is -0.530. The summed E-state index contributed by atoms with van der Waals surface area (Å²) in [6.07, 6.45) is 11.5. The third-order valence-corrected chi connectivity index (χ3v) is 7.78. The van der Waals surface area contributed by atoms with Crippen molar-refractivity contribution in [1.82, 2.24) is 0 Å². The van der Waals surface area contributed by atoms with Crippen LogP contribution in [0.2, 0.25) is 0 Å². The zero-order valence-electron chi connectivity index (χ0n) is 12.0. The predicted octanol–water partition coefficient (Wildman–Crippen LogP) is 4.09. The molecule has 4 aliphatic carbocycles. The standard InChI is InChI=1S/C17H26O2/c1-2-16(9-11-3-4-13(16)7-11)17-6-5-12(10-17)8-14(17)15(18)19/h11-14H,2-10H2,1H3,(H,18,19). The molecule has 6 unspecified atom stereocenters. The minimum Gasteiger partial charge on any atom is -0.481 e. The first-order valence-corrected chi connectivity index (χ1v) is 8.34. The van der Waals surface area contributed by atoms with E-state index in [9.17, 15) is 9.90 Å². The number of carboxylic acids is 1. The Kier molecular flexibility index (Phi) is 2.42. The number of carboxylic acid groups (broad SMARTS) is 1. The third kappa shape index (κ3) is 1.31. The summed E-state index contributed by atoms with van der Waals surface area (Å²) in [5.41, 5.74) is 0.572. The van der Waals surface area contributed by atoms with Gasteiger partial charge in [0.2, 0.25) is 0 Å². The molecule has 4 aliphatic rings. The molecule has 106 valence electrons. The summed E-state index contributed by atoms with van der Waals surface area (Å²) in [6, 6.07) is 0. The first kappa shape index (κ1) is 12.2. The molecule has 0 saturated heterocycles. The molecule has 0 aliphatic heterocycles. The van der Waals surface area contributed by atoms with Crippen LogP contribution in [0.25, 0.3) is 0 Å². The lowest BCUT2D eigenvalue weighted by molar-refractivity contribution is -0.154. The van der Waals surface area contributed by atoms with Crippen LogP contribution in [-0.4, -0.2) is 11.1 Å². The van der Waals surface area contributed by atoms with Crippen LogP contribution in [0.4, 0.5) is 0 Å². The van der Waals surface area contributed by atoms with E-state index >= 15 is 0 Å². The molecule has 0 aromatic rings.